The Morgan fingerprint density at radius 3 is 3.21 bits per heavy atom. The van der Waals surface area contributed by atoms with E-state index in [0.717, 1.165) is 30.8 Å². The molecule has 1 aliphatic rings. The summed E-state index contributed by atoms with van der Waals surface area (Å²) in [6, 6.07) is 6.07. The minimum absolute atomic E-state index is 0.410. The molecular formula is C12H13NO. The van der Waals surface area contributed by atoms with Crippen molar-refractivity contribution in [3.8, 4) is 17.6 Å². The summed E-state index contributed by atoms with van der Waals surface area (Å²) in [7, 11) is 0. The summed E-state index contributed by atoms with van der Waals surface area (Å²) in [5, 5.41) is 0. The van der Waals surface area contributed by atoms with Gasteiger partial charge in [-0.1, -0.05) is 11.8 Å². The van der Waals surface area contributed by atoms with E-state index < -0.39 is 0 Å². The van der Waals surface area contributed by atoms with Gasteiger partial charge in [0.25, 0.3) is 0 Å². The average Bonchev–Trinajstić information content (AvgIpc) is 2.26. The van der Waals surface area contributed by atoms with Gasteiger partial charge in [-0.25, -0.2) is 0 Å². The van der Waals surface area contributed by atoms with Gasteiger partial charge in [-0.2, -0.15) is 0 Å². The number of hydrogen-bond acceptors (Lipinski definition) is 2. The number of ether oxygens (including phenoxy) is 1. The monoisotopic (exact) mass is 187 g/mol. The zero-order valence-electron chi connectivity index (χ0n) is 8.05. The number of rotatable bonds is 0. The minimum atomic E-state index is 0.410. The molecule has 0 saturated carbocycles. The summed E-state index contributed by atoms with van der Waals surface area (Å²) in [5.41, 5.74) is 7.61. The van der Waals surface area contributed by atoms with Crippen molar-refractivity contribution in [3.63, 3.8) is 0 Å². The van der Waals surface area contributed by atoms with Crippen molar-refractivity contribution in [1.82, 2.24) is 0 Å². The standard InChI is InChI=1S/C12H13NO/c13-7-1-3-10-5-6-12-11(9-10)4-2-8-14-12/h5-6,9H,2,4,7-8,13H2. The lowest BCUT2D eigenvalue weighted by Gasteiger charge is -2.16. The molecule has 1 aromatic carbocycles. The van der Waals surface area contributed by atoms with Gasteiger partial charge in [-0.05, 0) is 36.6 Å². The highest BCUT2D eigenvalue weighted by Crippen LogP contribution is 2.25. The van der Waals surface area contributed by atoms with Gasteiger partial charge in [0.2, 0.25) is 0 Å². The molecule has 0 amide bonds. The van der Waals surface area contributed by atoms with Crippen LogP contribution in [0, 0.1) is 11.8 Å². The molecule has 2 rings (SSSR count). The second kappa shape index (κ2) is 4.17. The normalized spacial score (nSPS) is 13.5. The van der Waals surface area contributed by atoms with Gasteiger partial charge < -0.3 is 10.5 Å². The van der Waals surface area contributed by atoms with Crippen LogP contribution in [0.1, 0.15) is 17.5 Å². The molecule has 0 aromatic heterocycles. The summed E-state index contributed by atoms with van der Waals surface area (Å²) in [5.74, 6) is 6.88. The van der Waals surface area contributed by atoms with Gasteiger partial charge in [-0.15, -0.1) is 0 Å². The molecule has 72 valence electrons. The van der Waals surface area contributed by atoms with Crippen LogP contribution in [0.4, 0.5) is 0 Å². The molecule has 2 heteroatoms. The lowest BCUT2D eigenvalue weighted by molar-refractivity contribution is 0.288. The third kappa shape index (κ3) is 1.89. The number of nitrogens with two attached hydrogens (primary N) is 1. The molecule has 1 heterocycles. The maximum atomic E-state index is 5.51. The van der Waals surface area contributed by atoms with Crippen molar-refractivity contribution in [1.29, 1.82) is 0 Å². The maximum absolute atomic E-state index is 5.51. The van der Waals surface area contributed by atoms with Crippen molar-refractivity contribution in [2.75, 3.05) is 13.2 Å². The third-order valence-electron chi connectivity index (χ3n) is 2.24. The summed E-state index contributed by atoms with van der Waals surface area (Å²) in [6.45, 7) is 1.24. The summed E-state index contributed by atoms with van der Waals surface area (Å²) in [6.07, 6.45) is 2.19. The van der Waals surface area contributed by atoms with E-state index in [1.807, 2.05) is 12.1 Å². The van der Waals surface area contributed by atoms with E-state index in [1.54, 1.807) is 0 Å². The first kappa shape index (κ1) is 9.11. The van der Waals surface area contributed by atoms with E-state index in [0.29, 0.717) is 6.54 Å². The molecule has 0 fully saturated rings. The number of fused-ring (bicyclic) bond motifs is 1. The fraction of sp³-hybridized carbons (Fsp3) is 0.333. The van der Waals surface area contributed by atoms with Gasteiger partial charge in [-0.3, -0.25) is 0 Å². The van der Waals surface area contributed by atoms with Gasteiger partial charge in [0.1, 0.15) is 5.75 Å². The predicted octanol–water partition coefficient (Wildman–Crippen LogP) is 1.32. The van der Waals surface area contributed by atoms with E-state index in [1.165, 1.54) is 5.56 Å². The van der Waals surface area contributed by atoms with Gasteiger partial charge >= 0.3 is 0 Å². The second-order valence-electron chi connectivity index (χ2n) is 3.28. The molecule has 0 unspecified atom stereocenters. The van der Waals surface area contributed by atoms with Crippen molar-refractivity contribution in [2.45, 2.75) is 12.8 Å². The lowest BCUT2D eigenvalue weighted by Crippen LogP contribution is -2.08. The molecule has 0 bridgehead atoms. The van der Waals surface area contributed by atoms with Gasteiger partial charge in [0, 0.05) is 5.56 Å². The van der Waals surface area contributed by atoms with E-state index >= 15 is 0 Å². The molecule has 0 atom stereocenters. The quantitative estimate of drug-likeness (QED) is 0.622. The first-order valence-electron chi connectivity index (χ1n) is 4.85. The molecule has 0 spiro atoms. The molecule has 2 N–H and O–H groups in total. The van der Waals surface area contributed by atoms with Crippen LogP contribution in [0.5, 0.6) is 5.75 Å². The van der Waals surface area contributed by atoms with Gasteiger partial charge in [0.05, 0.1) is 13.2 Å². The first-order chi connectivity index (χ1) is 6.90. The zero-order valence-corrected chi connectivity index (χ0v) is 8.05. The van der Waals surface area contributed by atoms with Crippen LogP contribution >= 0.6 is 0 Å². The zero-order chi connectivity index (χ0) is 9.80. The van der Waals surface area contributed by atoms with Crippen LogP contribution in [0.15, 0.2) is 18.2 Å². The minimum Gasteiger partial charge on any atom is -0.493 e. The third-order valence-corrected chi connectivity index (χ3v) is 2.24. The largest absolute Gasteiger partial charge is 0.493 e. The molecule has 0 saturated heterocycles. The van der Waals surface area contributed by atoms with Crippen LogP contribution in [0.25, 0.3) is 0 Å². The Hall–Kier alpha value is -1.46. The summed E-state index contributed by atoms with van der Waals surface area (Å²) < 4.78 is 5.51. The highest BCUT2D eigenvalue weighted by Gasteiger charge is 2.09. The summed E-state index contributed by atoms with van der Waals surface area (Å²) in [4.78, 5) is 0. The number of aryl methyl sites for hydroxylation is 1. The number of benzene rings is 1. The predicted molar refractivity (Wildman–Crippen MR) is 56.2 cm³/mol. The highest BCUT2D eigenvalue weighted by atomic mass is 16.5. The molecule has 1 aromatic rings. The molecule has 14 heavy (non-hydrogen) atoms. The van der Waals surface area contributed by atoms with E-state index in [9.17, 15) is 0 Å². The molecular weight excluding hydrogens is 174 g/mol. The Morgan fingerprint density at radius 2 is 2.36 bits per heavy atom. The van der Waals surface area contributed by atoms with Crippen LogP contribution < -0.4 is 10.5 Å². The first-order valence-corrected chi connectivity index (χ1v) is 4.85. The maximum Gasteiger partial charge on any atom is 0.122 e. The lowest BCUT2D eigenvalue weighted by atomic mass is 10.0. The highest BCUT2D eigenvalue weighted by molar-refractivity contribution is 5.45. The molecule has 2 nitrogen and oxygen atoms in total. The molecule has 1 aliphatic heterocycles. The Balaban J connectivity index is 2.29. The molecule has 0 aliphatic carbocycles. The van der Waals surface area contributed by atoms with E-state index in [-0.39, 0.29) is 0 Å². The number of hydrogen-bond donors (Lipinski definition) is 1. The van der Waals surface area contributed by atoms with Crippen LogP contribution in [0.3, 0.4) is 0 Å². The Labute approximate surface area is 84.1 Å². The smallest absolute Gasteiger partial charge is 0.122 e. The average molecular weight is 187 g/mol. The second-order valence-corrected chi connectivity index (χ2v) is 3.28. The van der Waals surface area contributed by atoms with E-state index in [2.05, 4.69) is 17.9 Å². The van der Waals surface area contributed by atoms with Crippen molar-refractivity contribution < 1.29 is 4.74 Å². The topological polar surface area (TPSA) is 35.2 Å². The van der Waals surface area contributed by atoms with Crippen LogP contribution in [-0.2, 0) is 6.42 Å². The van der Waals surface area contributed by atoms with Crippen LogP contribution in [-0.4, -0.2) is 13.2 Å². The van der Waals surface area contributed by atoms with Crippen molar-refractivity contribution in [2.24, 2.45) is 5.73 Å². The molecule has 0 radical (unpaired) electrons. The van der Waals surface area contributed by atoms with Gasteiger partial charge in [0.15, 0.2) is 0 Å². The van der Waals surface area contributed by atoms with E-state index in [4.69, 9.17) is 10.5 Å². The Morgan fingerprint density at radius 1 is 1.43 bits per heavy atom. The fourth-order valence-electron chi connectivity index (χ4n) is 1.59. The van der Waals surface area contributed by atoms with Crippen molar-refractivity contribution >= 4 is 0 Å². The SMILES string of the molecule is NCC#Cc1ccc2c(c1)CCCO2. The fourth-order valence-corrected chi connectivity index (χ4v) is 1.59. The Bertz CT molecular complexity index is 387. The van der Waals surface area contributed by atoms with Crippen LogP contribution in [0.2, 0.25) is 0 Å². The Kier molecular flexibility index (Phi) is 2.71. The summed E-state index contributed by atoms with van der Waals surface area (Å²) >= 11 is 0. The van der Waals surface area contributed by atoms with Crippen molar-refractivity contribution in [3.05, 3.63) is 29.3 Å².